The first-order valence-electron chi connectivity index (χ1n) is 5.45. The van der Waals surface area contributed by atoms with Crippen molar-refractivity contribution in [2.24, 2.45) is 5.92 Å². The monoisotopic (exact) mass is 204 g/mol. The number of aliphatic hydroxyl groups is 1. The van der Waals surface area contributed by atoms with Crippen LogP contribution in [0.4, 0.5) is 0 Å². The Balaban J connectivity index is 3.06. The van der Waals surface area contributed by atoms with E-state index in [-0.39, 0.29) is 5.76 Å². The average Bonchev–Trinajstić information content (AvgIpc) is 2.17. The van der Waals surface area contributed by atoms with Crippen LogP contribution >= 0.6 is 0 Å². The molecule has 0 spiro atoms. The lowest BCUT2D eigenvalue weighted by molar-refractivity contribution is 0.407. The first kappa shape index (κ1) is 11.8. The maximum absolute atomic E-state index is 9.62. The van der Waals surface area contributed by atoms with Crippen molar-refractivity contribution in [2.75, 3.05) is 0 Å². The molecule has 0 saturated carbocycles. The van der Waals surface area contributed by atoms with Gasteiger partial charge in [-0.15, -0.1) is 0 Å². The molecule has 1 atom stereocenters. The van der Waals surface area contributed by atoms with Gasteiger partial charge < -0.3 is 5.11 Å². The number of rotatable bonds is 3. The highest BCUT2D eigenvalue weighted by Crippen LogP contribution is 2.32. The van der Waals surface area contributed by atoms with E-state index in [1.165, 1.54) is 18.4 Å². The second-order valence-corrected chi connectivity index (χ2v) is 4.26. The van der Waals surface area contributed by atoms with Crippen LogP contribution in [0.1, 0.15) is 33.1 Å². The Bertz CT molecular complexity index is 331. The fraction of sp³-hybridized carbons (Fsp3) is 0.429. The quantitative estimate of drug-likeness (QED) is 0.412. The van der Waals surface area contributed by atoms with Gasteiger partial charge in [0, 0.05) is 11.5 Å². The number of hydrogen-bond acceptors (Lipinski definition) is 1. The van der Waals surface area contributed by atoms with Crippen LogP contribution < -0.4 is 0 Å². The molecule has 0 saturated heterocycles. The molecule has 0 bridgehead atoms. The fourth-order valence-electron chi connectivity index (χ4n) is 2.18. The SMILES string of the molecule is C=C/C(C)=C(\C(=C)O)C1C=C(C)CCC1. The van der Waals surface area contributed by atoms with Crippen molar-refractivity contribution in [3.05, 3.63) is 47.8 Å². The van der Waals surface area contributed by atoms with Gasteiger partial charge in [-0.25, -0.2) is 0 Å². The summed E-state index contributed by atoms with van der Waals surface area (Å²) in [5.41, 5.74) is 3.38. The Kier molecular flexibility index (Phi) is 3.96. The highest BCUT2D eigenvalue weighted by molar-refractivity contribution is 5.38. The van der Waals surface area contributed by atoms with E-state index in [0.29, 0.717) is 5.92 Å². The zero-order valence-electron chi connectivity index (χ0n) is 9.71. The van der Waals surface area contributed by atoms with Crippen LogP contribution in [0.15, 0.2) is 47.8 Å². The van der Waals surface area contributed by atoms with Gasteiger partial charge in [-0.1, -0.05) is 30.9 Å². The summed E-state index contributed by atoms with van der Waals surface area (Å²) in [7, 11) is 0. The summed E-state index contributed by atoms with van der Waals surface area (Å²) in [5, 5.41) is 9.62. The van der Waals surface area contributed by atoms with Crippen molar-refractivity contribution >= 4 is 0 Å². The molecule has 82 valence electrons. The summed E-state index contributed by atoms with van der Waals surface area (Å²) in [5.74, 6) is 0.498. The molecule has 0 fully saturated rings. The zero-order valence-corrected chi connectivity index (χ0v) is 9.71. The van der Waals surface area contributed by atoms with Gasteiger partial charge in [0.1, 0.15) is 5.76 Å². The molecule has 1 aliphatic rings. The predicted molar refractivity (Wildman–Crippen MR) is 65.8 cm³/mol. The summed E-state index contributed by atoms with van der Waals surface area (Å²) >= 11 is 0. The van der Waals surface area contributed by atoms with Gasteiger partial charge in [0.05, 0.1) is 0 Å². The van der Waals surface area contributed by atoms with Crippen molar-refractivity contribution in [2.45, 2.75) is 33.1 Å². The van der Waals surface area contributed by atoms with Crippen molar-refractivity contribution < 1.29 is 5.11 Å². The van der Waals surface area contributed by atoms with Crippen LogP contribution in [-0.2, 0) is 0 Å². The van der Waals surface area contributed by atoms with Crippen molar-refractivity contribution in [3.8, 4) is 0 Å². The van der Waals surface area contributed by atoms with Gasteiger partial charge in [-0.2, -0.15) is 0 Å². The average molecular weight is 204 g/mol. The van der Waals surface area contributed by atoms with E-state index in [2.05, 4.69) is 26.2 Å². The lowest BCUT2D eigenvalue weighted by Crippen LogP contribution is -2.09. The Hall–Kier alpha value is -1.24. The number of hydrogen-bond donors (Lipinski definition) is 1. The maximum Gasteiger partial charge on any atom is 0.112 e. The fourth-order valence-corrected chi connectivity index (χ4v) is 2.18. The molecule has 0 amide bonds. The van der Waals surface area contributed by atoms with E-state index in [9.17, 15) is 5.11 Å². The third kappa shape index (κ3) is 2.85. The van der Waals surface area contributed by atoms with Crippen molar-refractivity contribution in [1.82, 2.24) is 0 Å². The normalized spacial score (nSPS) is 22.8. The van der Waals surface area contributed by atoms with Gasteiger partial charge in [0.15, 0.2) is 0 Å². The molecular formula is C14H20O. The minimum Gasteiger partial charge on any atom is -0.508 e. The molecule has 0 aromatic rings. The smallest absolute Gasteiger partial charge is 0.112 e. The minimum atomic E-state index is 0.184. The highest BCUT2D eigenvalue weighted by atomic mass is 16.3. The molecule has 1 rings (SSSR count). The largest absolute Gasteiger partial charge is 0.508 e. The van der Waals surface area contributed by atoms with Crippen LogP contribution in [0.25, 0.3) is 0 Å². The van der Waals surface area contributed by atoms with Crippen molar-refractivity contribution in [3.63, 3.8) is 0 Å². The molecule has 1 unspecified atom stereocenters. The Morgan fingerprint density at radius 3 is 2.73 bits per heavy atom. The highest BCUT2D eigenvalue weighted by Gasteiger charge is 2.19. The molecule has 15 heavy (non-hydrogen) atoms. The van der Waals surface area contributed by atoms with E-state index >= 15 is 0 Å². The molecule has 0 aromatic heterocycles. The van der Waals surface area contributed by atoms with Gasteiger partial charge >= 0.3 is 0 Å². The number of allylic oxidation sites excluding steroid dienone is 5. The van der Waals surface area contributed by atoms with Crippen LogP contribution in [0, 0.1) is 5.92 Å². The Morgan fingerprint density at radius 1 is 1.60 bits per heavy atom. The Labute approximate surface area is 92.5 Å². The molecule has 0 heterocycles. The summed E-state index contributed by atoms with van der Waals surface area (Å²) in [4.78, 5) is 0. The zero-order chi connectivity index (χ0) is 11.4. The van der Waals surface area contributed by atoms with Gasteiger partial charge in [-0.05, 0) is 38.7 Å². The van der Waals surface area contributed by atoms with E-state index in [4.69, 9.17) is 0 Å². The summed E-state index contributed by atoms with van der Waals surface area (Å²) in [6.07, 6.45) is 7.49. The third-order valence-corrected chi connectivity index (χ3v) is 2.98. The lowest BCUT2D eigenvalue weighted by Gasteiger charge is -2.23. The molecule has 0 radical (unpaired) electrons. The van der Waals surface area contributed by atoms with Crippen LogP contribution in [0.3, 0.4) is 0 Å². The van der Waals surface area contributed by atoms with E-state index in [1.54, 1.807) is 6.08 Å². The van der Waals surface area contributed by atoms with E-state index in [1.807, 2.05) is 6.92 Å². The standard InChI is InChI=1S/C14H20O/c1-5-11(3)14(12(4)15)13-8-6-7-10(2)9-13/h5,9,13,15H,1,4,6-8H2,2-3H3/b14-11+. The van der Waals surface area contributed by atoms with Gasteiger partial charge in [-0.3, -0.25) is 0 Å². The molecule has 0 aliphatic heterocycles. The Morgan fingerprint density at radius 2 is 2.27 bits per heavy atom. The van der Waals surface area contributed by atoms with Crippen LogP contribution in [0.5, 0.6) is 0 Å². The molecule has 0 aromatic carbocycles. The third-order valence-electron chi connectivity index (χ3n) is 2.98. The first-order chi connectivity index (χ1) is 7.06. The number of aliphatic hydroxyl groups excluding tert-OH is 1. The second-order valence-electron chi connectivity index (χ2n) is 4.26. The van der Waals surface area contributed by atoms with Crippen LogP contribution in [0.2, 0.25) is 0 Å². The first-order valence-corrected chi connectivity index (χ1v) is 5.45. The van der Waals surface area contributed by atoms with Crippen molar-refractivity contribution in [1.29, 1.82) is 0 Å². The summed E-state index contributed by atoms with van der Waals surface area (Å²) < 4.78 is 0. The summed E-state index contributed by atoms with van der Waals surface area (Å²) in [6, 6.07) is 0. The predicted octanol–water partition coefficient (Wildman–Crippen LogP) is 4.31. The van der Waals surface area contributed by atoms with Gasteiger partial charge in [0.2, 0.25) is 0 Å². The van der Waals surface area contributed by atoms with Crippen LogP contribution in [-0.4, -0.2) is 5.11 Å². The molecule has 1 N–H and O–H groups in total. The molecule has 1 heteroatoms. The van der Waals surface area contributed by atoms with Gasteiger partial charge in [0.25, 0.3) is 0 Å². The lowest BCUT2D eigenvalue weighted by atomic mass is 9.83. The minimum absolute atomic E-state index is 0.184. The van der Waals surface area contributed by atoms with E-state index < -0.39 is 0 Å². The molecule has 1 aliphatic carbocycles. The maximum atomic E-state index is 9.62. The topological polar surface area (TPSA) is 20.2 Å². The van der Waals surface area contributed by atoms with E-state index in [0.717, 1.165) is 17.6 Å². The second kappa shape index (κ2) is 5.01. The molecule has 1 nitrogen and oxygen atoms in total. The molecular weight excluding hydrogens is 184 g/mol. The summed E-state index contributed by atoms with van der Waals surface area (Å²) in [6.45, 7) is 11.5.